The number of benzene rings is 1. The second-order valence-corrected chi connectivity index (χ2v) is 10.4. The third-order valence-electron chi connectivity index (χ3n) is 6.66. The molecule has 4 rings (SSSR count). The SMILES string of the molecule is CN(C1CCCCC1)S(=O)(=O)N1CCN(CC(=O)N2CCc3ccccc32)CC1. The van der Waals surface area contributed by atoms with Crippen LogP contribution in [-0.2, 0) is 21.4 Å². The molecular weight excluding hydrogens is 388 g/mol. The second kappa shape index (κ2) is 8.71. The normalized spacial score (nSPS) is 22.2. The summed E-state index contributed by atoms with van der Waals surface area (Å²) in [6, 6.07) is 8.19. The Morgan fingerprint density at radius 1 is 1.03 bits per heavy atom. The first-order chi connectivity index (χ1) is 14.0. The third-order valence-corrected chi connectivity index (χ3v) is 8.70. The number of anilines is 1. The van der Waals surface area contributed by atoms with Crippen molar-refractivity contribution in [3.63, 3.8) is 0 Å². The summed E-state index contributed by atoms with van der Waals surface area (Å²) in [5.41, 5.74) is 2.25. The number of carbonyl (C=O) groups excluding carboxylic acids is 1. The van der Waals surface area contributed by atoms with Gasteiger partial charge >= 0.3 is 0 Å². The lowest BCUT2D eigenvalue weighted by atomic mass is 9.96. The average Bonchev–Trinajstić information content (AvgIpc) is 3.18. The van der Waals surface area contributed by atoms with E-state index in [9.17, 15) is 13.2 Å². The number of hydrogen-bond donors (Lipinski definition) is 0. The molecule has 0 aromatic heterocycles. The van der Waals surface area contributed by atoms with Crippen LogP contribution in [0.5, 0.6) is 0 Å². The van der Waals surface area contributed by atoms with Gasteiger partial charge in [0.15, 0.2) is 0 Å². The number of piperazine rings is 1. The summed E-state index contributed by atoms with van der Waals surface area (Å²) in [5, 5.41) is 0. The summed E-state index contributed by atoms with van der Waals surface area (Å²) in [5.74, 6) is 0.102. The Morgan fingerprint density at radius 3 is 2.45 bits per heavy atom. The van der Waals surface area contributed by atoms with Gasteiger partial charge in [-0.25, -0.2) is 0 Å². The zero-order valence-electron chi connectivity index (χ0n) is 17.3. The average molecular weight is 421 g/mol. The molecule has 0 bridgehead atoms. The minimum Gasteiger partial charge on any atom is -0.311 e. The van der Waals surface area contributed by atoms with Crippen molar-refractivity contribution in [1.29, 1.82) is 0 Å². The van der Waals surface area contributed by atoms with Crippen LogP contribution < -0.4 is 4.90 Å². The van der Waals surface area contributed by atoms with Crippen LogP contribution >= 0.6 is 0 Å². The van der Waals surface area contributed by atoms with Crippen molar-refractivity contribution in [2.45, 2.75) is 44.6 Å². The molecule has 7 nitrogen and oxygen atoms in total. The van der Waals surface area contributed by atoms with E-state index >= 15 is 0 Å². The lowest BCUT2D eigenvalue weighted by molar-refractivity contribution is -0.119. The first-order valence-corrected chi connectivity index (χ1v) is 12.2. The standard InChI is InChI=1S/C21H32N4O3S/c1-22(19-8-3-2-4-9-19)29(27,28)24-15-13-23(14-16-24)17-21(26)25-12-11-18-7-5-6-10-20(18)25/h5-7,10,19H,2-4,8-9,11-17H2,1H3. The smallest absolute Gasteiger partial charge is 0.282 e. The number of hydrogen-bond acceptors (Lipinski definition) is 4. The van der Waals surface area contributed by atoms with E-state index in [1.807, 2.05) is 23.1 Å². The zero-order valence-corrected chi connectivity index (χ0v) is 18.1. The van der Waals surface area contributed by atoms with E-state index in [4.69, 9.17) is 0 Å². The highest BCUT2D eigenvalue weighted by Crippen LogP contribution is 2.28. The molecule has 0 N–H and O–H groups in total. The molecule has 0 radical (unpaired) electrons. The van der Waals surface area contributed by atoms with Crippen LogP contribution in [0.15, 0.2) is 24.3 Å². The molecule has 2 aliphatic heterocycles. The molecule has 1 amide bonds. The fraction of sp³-hybridized carbons (Fsp3) is 0.667. The lowest BCUT2D eigenvalue weighted by Gasteiger charge is -2.38. The van der Waals surface area contributed by atoms with Gasteiger partial charge in [-0.2, -0.15) is 17.0 Å². The van der Waals surface area contributed by atoms with Crippen molar-refractivity contribution in [3.05, 3.63) is 29.8 Å². The number of nitrogens with zero attached hydrogens (tertiary/aromatic N) is 4. The first-order valence-electron chi connectivity index (χ1n) is 10.8. The number of amides is 1. The van der Waals surface area contributed by atoms with Crippen LogP contribution in [0.4, 0.5) is 5.69 Å². The number of fused-ring (bicyclic) bond motifs is 1. The Kier molecular flexibility index (Phi) is 6.24. The predicted octanol–water partition coefficient (Wildman–Crippen LogP) is 1.70. The Labute approximate surface area is 174 Å². The molecule has 0 spiro atoms. The van der Waals surface area contributed by atoms with Crippen molar-refractivity contribution in [1.82, 2.24) is 13.5 Å². The summed E-state index contributed by atoms with van der Waals surface area (Å²) in [6.07, 6.45) is 6.25. The van der Waals surface area contributed by atoms with Crippen LogP contribution in [0.25, 0.3) is 0 Å². The number of carbonyl (C=O) groups is 1. The van der Waals surface area contributed by atoms with Crippen LogP contribution in [0.2, 0.25) is 0 Å². The molecule has 160 valence electrons. The van der Waals surface area contributed by atoms with E-state index < -0.39 is 10.2 Å². The topological polar surface area (TPSA) is 64.2 Å². The Hall–Kier alpha value is -1.48. The van der Waals surface area contributed by atoms with Gasteiger partial charge in [-0.3, -0.25) is 9.69 Å². The van der Waals surface area contributed by atoms with Gasteiger partial charge in [-0.1, -0.05) is 37.5 Å². The van der Waals surface area contributed by atoms with Gasteiger partial charge in [0.2, 0.25) is 5.91 Å². The van der Waals surface area contributed by atoms with E-state index in [0.29, 0.717) is 32.7 Å². The van der Waals surface area contributed by atoms with Gasteiger partial charge in [0.1, 0.15) is 0 Å². The summed E-state index contributed by atoms with van der Waals surface area (Å²) in [4.78, 5) is 16.8. The zero-order chi connectivity index (χ0) is 20.4. The molecule has 1 aliphatic carbocycles. The van der Waals surface area contributed by atoms with Gasteiger partial charge in [-0.15, -0.1) is 0 Å². The molecule has 8 heteroatoms. The highest BCUT2D eigenvalue weighted by atomic mass is 32.2. The molecule has 1 saturated carbocycles. The van der Waals surface area contributed by atoms with Gasteiger partial charge < -0.3 is 4.90 Å². The maximum atomic E-state index is 13.0. The lowest BCUT2D eigenvalue weighted by Crippen LogP contribution is -2.55. The van der Waals surface area contributed by atoms with E-state index in [2.05, 4.69) is 11.0 Å². The highest BCUT2D eigenvalue weighted by Gasteiger charge is 2.35. The summed E-state index contributed by atoms with van der Waals surface area (Å²) < 4.78 is 29.2. The van der Waals surface area contributed by atoms with Crippen molar-refractivity contribution in [3.8, 4) is 0 Å². The summed E-state index contributed by atoms with van der Waals surface area (Å²) in [7, 11) is -1.70. The molecule has 0 unspecified atom stereocenters. The monoisotopic (exact) mass is 420 g/mol. The van der Waals surface area contributed by atoms with Gasteiger partial charge in [-0.05, 0) is 30.9 Å². The molecule has 3 aliphatic rings. The van der Waals surface area contributed by atoms with Crippen LogP contribution in [-0.4, -0.2) is 80.2 Å². The molecule has 29 heavy (non-hydrogen) atoms. The van der Waals surface area contributed by atoms with Crippen molar-refractivity contribution in [2.75, 3.05) is 51.2 Å². The summed E-state index contributed by atoms with van der Waals surface area (Å²) >= 11 is 0. The third kappa shape index (κ3) is 4.35. The minimum atomic E-state index is -3.42. The van der Waals surface area contributed by atoms with Crippen LogP contribution in [0, 0.1) is 0 Å². The molecule has 2 heterocycles. The van der Waals surface area contributed by atoms with Crippen molar-refractivity contribution >= 4 is 21.8 Å². The molecule has 1 aromatic carbocycles. The Bertz CT molecular complexity index is 830. The maximum Gasteiger partial charge on any atom is 0.282 e. The number of para-hydroxylation sites is 1. The Morgan fingerprint density at radius 2 is 1.72 bits per heavy atom. The van der Waals surface area contributed by atoms with E-state index in [0.717, 1.165) is 44.3 Å². The van der Waals surface area contributed by atoms with Crippen LogP contribution in [0.3, 0.4) is 0 Å². The largest absolute Gasteiger partial charge is 0.311 e. The molecule has 1 saturated heterocycles. The highest BCUT2D eigenvalue weighted by molar-refractivity contribution is 7.86. The first kappa shape index (κ1) is 20.8. The predicted molar refractivity (Wildman–Crippen MR) is 114 cm³/mol. The van der Waals surface area contributed by atoms with Crippen molar-refractivity contribution in [2.24, 2.45) is 0 Å². The Balaban J connectivity index is 1.31. The van der Waals surface area contributed by atoms with Gasteiger partial charge in [0.25, 0.3) is 10.2 Å². The van der Waals surface area contributed by atoms with E-state index in [1.54, 1.807) is 15.7 Å². The molecule has 2 fully saturated rings. The molecule has 0 atom stereocenters. The van der Waals surface area contributed by atoms with E-state index in [1.165, 1.54) is 12.0 Å². The van der Waals surface area contributed by atoms with Crippen LogP contribution in [0.1, 0.15) is 37.7 Å². The fourth-order valence-electron chi connectivity index (χ4n) is 4.81. The van der Waals surface area contributed by atoms with Gasteiger partial charge in [0, 0.05) is 51.5 Å². The number of rotatable bonds is 5. The summed E-state index contributed by atoms with van der Waals surface area (Å²) in [6.45, 7) is 3.17. The maximum absolute atomic E-state index is 13.0. The van der Waals surface area contributed by atoms with Gasteiger partial charge in [0.05, 0.1) is 6.54 Å². The van der Waals surface area contributed by atoms with Crippen molar-refractivity contribution < 1.29 is 13.2 Å². The van der Waals surface area contributed by atoms with E-state index in [-0.39, 0.29) is 11.9 Å². The molecular formula is C21H32N4O3S. The fourth-order valence-corrected chi connectivity index (χ4v) is 6.38. The second-order valence-electron chi connectivity index (χ2n) is 8.42. The molecule has 1 aromatic rings. The quantitative estimate of drug-likeness (QED) is 0.727. The minimum absolute atomic E-state index is 0.102.